The molecule has 1 saturated carbocycles. The molecule has 2 rings (SSSR count). The normalized spacial score (nSPS) is 26.3. The van der Waals surface area contributed by atoms with Crippen molar-refractivity contribution in [2.75, 3.05) is 7.05 Å². The summed E-state index contributed by atoms with van der Waals surface area (Å²) >= 11 is 0. The van der Waals surface area contributed by atoms with E-state index >= 15 is 0 Å². The molecule has 0 heterocycles. The fraction of sp³-hybridized carbons (Fsp3) is 0.625. The van der Waals surface area contributed by atoms with E-state index < -0.39 is 0 Å². The van der Waals surface area contributed by atoms with Crippen molar-refractivity contribution in [2.24, 2.45) is 5.73 Å². The van der Waals surface area contributed by atoms with Gasteiger partial charge in [0.15, 0.2) is 0 Å². The minimum absolute atomic E-state index is 0.435. The van der Waals surface area contributed by atoms with Crippen molar-refractivity contribution in [3.8, 4) is 0 Å². The summed E-state index contributed by atoms with van der Waals surface area (Å²) in [5.41, 5.74) is 8.73. The molecule has 1 aromatic carbocycles. The van der Waals surface area contributed by atoms with Crippen LogP contribution in [0, 0.1) is 6.92 Å². The van der Waals surface area contributed by atoms with Crippen LogP contribution < -0.4 is 5.73 Å². The van der Waals surface area contributed by atoms with Crippen LogP contribution in [0.1, 0.15) is 49.8 Å². The van der Waals surface area contributed by atoms with E-state index in [9.17, 15) is 0 Å². The summed E-state index contributed by atoms with van der Waals surface area (Å²) in [6.45, 7) is 4.44. The van der Waals surface area contributed by atoms with Crippen molar-refractivity contribution in [2.45, 2.75) is 57.7 Å². The van der Waals surface area contributed by atoms with Gasteiger partial charge in [-0.25, -0.2) is 0 Å². The van der Waals surface area contributed by atoms with Gasteiger partial charge in [-0.15, -0.1) is 0 Å². The lowest BCUT2D eigenvalue weighted by atomic mass is 9.89. The van der Waals surface area contributed by atoms with Gasteiger partial charge in [-0.05, 0) is 52.1 Å². The molecule has 2 N–H and O–H groups in total. The van der Waals surface area contributed by atoms with Crippen LogP contribution in [0.25, 0.3) is 0 Å². The van der Waals surface area contributed by atoms with E-state index in [1.54, 1.807) is 0 Å². The van der Waals surface area contributed by atoms with E-state index in [-0.39, 0.29) is 0 Å². The minimum Gasteiger partial charge on any atom is -0.328 e. The number of nitrogens with two attached hydrogens (primary N) is 1. The van der Waals surface area contributed by atoms with Gasteiger partial charge in [0.2, 0.25) is 0 Å². The highest BCUT2D eigenvalue weighted by Gasteiger charge is 2.25. The van der Waals surface area contributed by atoms with Crippen molar-refractivity contribution in [3.63, 3.8) is 0 Å². The molecule has 2 nitrogen and oxygen atoms in total. The number of benzene rings is 1. The quantitative estimate of drug-likeness (QED) is 0.887. The Morgan fingerprint density at radius 3 is 2.22 bits per heavy atom. The zero-order valence-electron chi connectivity index (χ0n) is 11.9. The second kappa shape index (κ2) is 5.85. The van der Waals surface area contributed by atoms with Crippen LogP contribution in [0.5, 0.6) is 0 Å². The maximum Gasteiger partial charge on any atom is 0.0319 e. The molecule has 1 atom stereocenters. The third-order valence-corrected chi connectivity index (χ3v) is 4.49. The fourth-order valence-electron chi connectivity index (χ4n) is 2.91. The van der Waals surface area contributed by atoms with Crippen molar-refractivity contribution >= 4 is 0 Å². The molecule has 1 fully saturated rings. The van der Waals surface area contributed by atoms with Crippen LogP contribution in [0.3, 0.4) is 0 Å². The molecule has 0 saturated heterocycles. The van der Waals surface area contributed by atoms with Gasteiger partial charge in [0.1, 0.15) is 0 Å². The summed E-state index contributed by atoms with van der Waals surface area (Å²) < 4.78 is 0. The Bertz CT molecular complexity index is 363. The molecule has 0 radical (unpaired) electrons. The molecule has 0 aliphatic heterocycles. The molecule has 1 aliphatic rings. The van der Waals surface area contributed by atoms with Gasteiger partial charge in [-0.2, -0.15) is 0 Å². The van der Waals surface area contributed by atoms with E-state index in [1.165, 1.54) is 36.8 Å². The van der Waals surface area contributed by atoms with Gasteiger partial charge in [-0.3, -0.25) is 4.90 Å². The Balaban J connectivity index is 1.99. The molecule has 0 spiro atoms. The molecule has 1 aliphatic carbocycles. The smallest absolute Gasteiger partial charge is 0.0319 e. The summed E-state index contributed by atoms with van der Waals surface area (Å²) in [6, 6.07) is 10.5. The number of hydrogen-bond donors (Lipinski definition) is 1. The third kappa shape index (κ3) is 3.12. The third-order valence-electron chi connectivity index (χ3n) is 4.49. The van der Waals surface area contributed by atoms with E-state index in [2.05, 4.69) is 50.1 Å². The van der Waals surface area contributed by atoms with Crippen LogP contribution in [0.2, 0.25) is 0 Å². The molecule has 1 unspecified atom stereocenters. The first-order valence-corrected chi connectivity index (χ1v) is 7.12. The first-order valence-electron chi connectivity index (χ1n) is 7.12. The maximum atomic E-state index is 5.98. The Morgan fingerprint density at radius 2 is 1.67 bits per heavy atom. The highest BCUT2D eigenvalue weighted by Crippen LogP contribution is 2.28. The monoisotopic (exact) mass is 246 g/mol. The van der Waals surface area contributed by atoms with E-state index in [0.717, 1.165) is 0 Å². The Morgan fingerprint density at radius 1 is 1.11 bits per heavy atom. The fourth-order valence-corrected chi connectivity index (χ4v) is 2.91. The van der Waals surface area contributed by atoms with Crippen molar-refractivity contribution in [3.05, 3.63) is 35.4 Å². The lowest BCUT2D eigenvalue weighted by Gasteiger charge is -2.37. The number of rotatable bonds is 3. The van der Waals surface area contributed by atoms with Gasteiger partial charge in [0.25, 0.3) is 0 Å². The average Bonchev–Trinajstić information content (AvgIpc) is 2.39. The molecule has 1 aromatic rings. The second-order valence-electron chi connectivity index (χ2n) is 5.82. The SMILES string of the molecule is Cc1ccc(C(C)N(C)C2CCC(N)CC2)cc1. The first-order chi connectivity index (χ1) is 8.58. The lowest BCUT2D eigenvalue weighted by molar-refractivity contribution is 0.140. The number of hydrogen-bond acceptors (Lipinski definition) is 2. The topological polar surface area (TPSA) is 29.3 Å². The summed E-state index contributed by atoms with van der Waals surface area (Å²) in [6.07, 6.45) is 4.84. The molecule has 100 valence electrons. The Hall–Kier alpha value is -0.860. The minimum atomic E-state index is 0.435. The average molecular weight is 246 g/mol. The summed E-state index contributed by atoms with van der Waals surface area (Å²) in [7, 11) is 2.26. The number of aryl methyl sites for hydroxylation is 1. The molecule has 18 heavy (non-hydrogen) atoms. The highest BCUT2D eigenvalue weighted by molar-refractivity contribution is 5.23. The van der Waals surface area contributed by atoms with E-state index in [4.69, 9.17) is 5.73 Å². The molecular weight excluding hydrogens is 220 g/mol. The highest BCUT2D eigenvalue weighted by atomic mass is 15.2. The number of nitrogens with zero attached hydrogens (tertiary/aromatic N) is 1. The summed E-state index contributed by atoms with van der Waals surface area (Å²) in [4.78, 5) is 2.52. The van der Waals surface area contributed by atoms with Crippen LogP contribution in [0.15, 0.2) is 24.3 Å². The Kier molecular flexibility index (Phi) is 4.41. The van der Waals surface area contributed by atoms with Crippen molar-refractivity contribution in [1.82, 2.24) is 4.90 Å². The van der Waals surface area contributed by atoms with Crippen molar-refractivity contribution < 1.29 is 0 Å². The van der Waals surface area contributed by atoms with E-state index in [1.807, 2.05) is 0 Å². The van der Waals surface area contributed by atoms with Gasteiger partial charge in [0.05, 0.1) is 0 Å². The molecule has 0 aromatic heterocycles. The summed E-state index contributed by atoms with van der Waals surface area (Å²) in [5, 5.41) is 0. The predicted octanol–water partition coefficient (Wildman–Crippen LogP) is 3.26. The van der Waals surface area contributed by atoms with Crippen molar-refractivity contribution in [1.29, 1.82) is 0 Å². The first kappa shape index (κ1) is 13.6. The van der Waals surface area contributed by atoms with Gasteiger partial charge >= 0.3 is 0 Å². The largest absolute Gasteiger partial charge is 0.328 e. The molecule has 0 amide bonds. The van der Waals surface area contributed by atoms with E-state index in [0.29, 0.717) is 18.1 Å². The molecule has 0 bridgehead atoms. The zero-order chi connectivity index (χ0) is 13.1. The van der Waals surface area contributed by atoms with Crippen LogP contribution in [-0.2, 0) is 0 Å². The van der Waals surface area contributed by atoms with Crippen LogP contribution in [0.4, 0.5) is 0 Å². The predicted molar refractivity (Wildman–Crippen MR) is 77.6 cm³/mol. The standard InChI is InChI=1S/C16H26N2/c1-12-4-6-14(7-5-12)13(2)18(3)16-10-8-15(17)9-11-16/h4-7,13,15-16H,8-11,17H2,1-3H3. The molecular formula is C16H26N2. The second-order valence-corrected chi connectivity index (χ2v) is 5.82. The maximum absolute atomic E-state index is 5.98. The van der Waals surface area contributed by atoms with Gasteiger partial charge in [-0.1, -0.05) is 29.8 Å². The zero-order valence-corrected chi connectivity index (χ0v) is 11.9. The van der Waals surface area contributed by atoms with Gasteiger partial charge in [0, 0.05) is 18.1 Å². The molecule has 2 heteroatoms. The van der Waals surface area contributed by atoms with Gasteiger partial charge < -0.3 is 5.73 Å². The Labute approximate surface area is 111 Å². The van der Waals surface area contributed by atoms with Crippen LogP contribution >= 0.6 is 0 Å². The lowest BCUT2D eigenvalue weighted by Crippen LogP contribution is -2.39. The summed E-state index contributed by atoms with van der Waals surface area (Å²) in [5.74, 6) is 0. The van der Waals surface area contributed by atoms with Crippen LogP contribution in [-0.4, -0.2) is 24.0 Å².